The third-order valence-corrected chi connectivity index (χ3v) is 9.32. The normalized spacial score (nSPS) is 22.0. The van der Waals surface area contributed by atoms with Crippen LogP contribution in [0.5, 0.6) is 0 Å². The first kappa shape index (κ1) is 22.2. The topological polar surface area (TPSA) is 74.0 Å². The van der Waals surface area contributed by atoms with Crippen molar-refractivity contribution >= 4 is 33.9 Å². The van der Waals surface area contributed by atoms with Crippen molar-refractivity contribution in [2.75, 3.05) is 12.0 Å². The number of pyridine rings is 1. The molecule has 0 aliphatic heterocycles. The van der Waals surface area contributed by atoms with Crippen molar-refractivity contribution in [3.8, 4) is 27.8 Å². The largest absolute Gasteiger partial charge is 0.388 e. The van der Waals surface area contributed by atoms with Gasteiger partial charge in [-0.15, -0.1) is 23.1 Å². The van der Waals surface area contributed by atoms with E-state index in [2.05, 4.69) is 6.07 Å². The minimum absolute atomic E-state index is 0.242. The van der Waals surface area contributed by atoms with Gasteiger partial charge in [0.1, 0.15) is 11.1 Å². The molecule has 1 fully saturated rings. The van der Waals surface area contributed by atoms with Gasteiger partial charge in [-0.1, -0.05) is 49.2 Å². The van der Waals surface area contributed by atoms with Gasteiger partial charge >= 0.3 is 0 Å². The van der Waals surface area contributed by atoms with Crippen LogP contribution in [0.2, 0.25) is 0 Å². The molecule has 3 aromatic rings. The monoisotopic (exact) mass is 468 g/mol. The van der Waals surface area contributed by atoms with Crippen molar-refractivity contribution in [1.29, 1.82) is 5.26 Å². The molecular formula is C24H24N2O2S3. The predicted molar refractivity (Wildman–Crippen MR) is 130 cm³/mol. The summed E-state index contributed by atoms with van der Waals surface area (Å²) >= 11 is 3.01. The number of benzene rings is 1. The summed E-state index contributed by atoms with van der Waals surface area (Å²) in [7, 11) is -1.10. The molecule has 1 aliphatic rings. The fourth-order valence-electron chi connectivity index (χ4n) is 4.15. The van der Waals surface area contributed by atoms with E-state index in [1.54, 1.807) is 17.6 Å². The van der Waals surface area contributed by atoms with Gasteiger partial charge < -0.3 is 5.11 Å². The molecule has 1 saturated carbocycles. The minimum Gasteiger partial charge on any atom is -0.388 e. The fourth-order valence-corrected chi connectivity index (χ4v) is 7.46. The van der Waals surface area contributed by atoms with Crippen LogP contribution in [-0.4, -0.2) is 37.2 Å². The maximum atomic E-state index is 12.3. The molecule has 4 nitrogen and oxygen atoms in total. The number of thioether (sulfide) groups is 1. The summed E-state index contributed by atoms with van der Waals surface area (Å²) in [6.07, 6.45) is 4.99. The lowest BCUT2D eigenvalue weighted by Crippen LogP contribution is -2.49. The molecule has 31 heavy (non-hydrogen) atoms. The predicted octanol–water partition coefficient (Wildman–Crippen LogP) is 5.49. The zero-order valence-corrected chi connectivity index (χ0v) is 19.7. The lowest BCUT2D eigenvalue weighted by atomic mass is 9.86. The average molecular weight is 469 g/mol. The number of hydrogen-bond donors (Lipinski definition) is 1. The lowest BCUT2D eigenvalue weighted by molar-refractivity contribution is 0.0326. The number of rotatable bonds is 6. The van der Waals surface area contributed by atoms with Gasteiger partial charge in [-0.25, -0.2) is 4.98 Å². The van der Waals surface area contributed by atoms with Gasteiger partial charge in [0.25, 0.3) is 0 Å². The first-order valence-corrected chi connectivity index (χ1v) is 13.7. The Morgan fingerprint density at radius 1 is 1.29 bits per heavy atom. The third-order valence-electron chi connectivity index (χ3n) is 5.74. The maximum absolute atomic E-state index is 12.3. The Hall–Kier alpha value is -1.98. The van der Waals surface area contributed by atoms with Gasteiger partial charge in [-0.05, 0) is 35.9 Å². The van der Waals surface area contributed by atoms with E-state index >= 15 is 0 Å². The van der Waals surface area contributed by atoms with E-state index in [1.165, 1.54) is 11.8 Å². The van der Waals surface area contributed by atoms with Crippen LogP contribution >= 0.6 is 23.1 Å². The Balaban J connectivity index is 1.75. The van der Waals surface area contributed by atoms with Crippen LogP contribution in [0.4, 0.5) is 0 Å². The third kappa shape index (κ3) is 4.78. The second-order valence-electron chi connectivity index (χ2n) is 7.82. The number of nitrogens with zero attached hydrogens (tertiary/aromatic N) is 2. The SMILES string of the molecule is C[S@@](=O)[C@H]1CCCC[C@@]1(O)CSc1nc(-c2cccs2)cc(-c2ccccc2)c1C#N. The molecule has 0 amide bonds. The number of nitriles is 1. The Morgan fingerprint density at radius 3 is 2.77 bits per heavy atom. The highest BCUT2D eigenvalue weighted by atomic mass is 32.2. The van der Waals surface area contributed by atoms with Crippen LogP contribution in [-0.2, 0) is 10.8 Å². The molecule has 4 rings (SSSR count). The Morgan fingerprint density at radius 2 is 2.10 bits per heavy atom. The van der Waals surface area contributed by atoms with Gasteiger partial charge in [0.05, 0.1) is 27.0 Å². The van der Waals surface area contributed by atoms with E-state index < -0.39 is 16.4 Å². The number of aromatic nitrogens is 1. The molecule has 0 unspecified atom stereocenters. The average Bonchev–Trinajstić information content (AvgIpc) is 3.33. The Bertz CT molecular complexity index is 1110. The summed E-state index contributed by atoms with van der Waals surface area (Å²) in [6, 6.07) is 18.2. The van der Waals surface area contributed by atoms with E-state index in [-0.39, 0.29) is 5.25 Å². The van der Waals surface area contributed by atoms with E-state index in [9.17, 15) is 14.6 Å². The lowest BCUT2D eigenvalue weighted by Gasteiger charge is -2.38. The summed E-state index contributed by atoms with van der Waals surface area (Å²) in [5.74, 6) is 0.376. The summed E-state index contributed by atoms with van der Waals surface area (Å²) in [5, 5.41) is 23.7. The van der Waals surface area contributed by atoms with Crippen molar-refractivity contribution in [3.05, 3.63) is 59.5 Å². The molecule has 1 aliphatic carbocycles. The van der Waals surface area contributed by atoms with Crippen LogP contribution < -0.4 is 0 Å². The Labute approximate surface area is 193 Å². The highest BCUT2D eigenvalue weighted by molar-refractivity contribution is 7.99. The smallest absolute Gasteiger partial charge is 0.115 e. The van der Waals surface area contributed by atoms with Crippen molar-refractivity contribution < 1.29 is 9.32 Å². The summed E-state index contributed by atoms with van der Waals surface area (Å²) < 4.78 is 12.3. The molecule has 2 aromatic heterocycles. The quantitative estimate of drug-likeness (QED) is 0.484. The summed E-state index contributed by atoms with van der Waals surface area (Å²) in [6.45, 7) is 0. The zero-order chi connectivity index (χ0) is 21.8. The van der Waals surface area contributed by atoms with Gasteiger partial charge in [-0.2, -0.15) is 5.26 Å². The molecule has 0 radical (unpaired) electrons. The van der Waals surface area contributed by atoms with Crippen molar-refractivity contribution in [3.63, 3.8) is 0 Å². The minimum atomic E-state index is -1.10. The van der Waals surface area contributed by atoms with Crippen LogP contribution in [0.15, 0.2) is 58.9 Å². The van der Waals surface area contributed by atoms with E-state index in [1.807, 2.05) is 53.9 Å². The van der Waals surface area contributed by atoms with Gasteiger partial charge in [0.2, 0.25) is 0 Å². The highest BCUT2D eigenvalue weighted by Crippen LogP contribution is 2.39. The summed E-state index contributed by atoms with van der Waals surface area (Å²) in [5.41, 5.74) is 2.13. The van der Waals surface area contributed by atoms with Crippen LogP contribution in [0.3, 0.4) is 0 Å². The van der Waals surface area contributed by atoms with Crippen LogP contribution in [0.25, 0.3) is 21.7 Å². The van der Waals surface area contributed by atoms with Crippen molar-refractivity contribution in [1.82, 2.24) is 4.98 Å². The molecule has 3 atom stereocenters. The number of aliphatic hydroxyl groups is 1. The summed E-state index contributed by atoms with van der Waals surface area (Å²) in [4.78, 5) is 5.86. The van der Waals surface area contributed by atoms with E-state index in [0.717, 1.165) is 41.0 Å². The zero-order valence-electron chi connectivity index (χ0n) is 17.3. The molecule has 1 N–H and O–H groups in total. The molecule has 0 saturated heterocycles. The van der Waals surface area contributed by atoms with E-state index in [4.69, 9.17) is 4.98 Å². The molecule has 2 heterocycles. The first-order chi connectivity index (χ1) is 15.0. The molecule has 160 valence electrons. The van der Waals surface area contributed by atoms with Gasteiger partial charge in [-0.3, -0.25) is 4.21 Å². The second-order valence-corrected chi connectivity index (χ2v) is 11.3. The number of thiophene rings is 1. The fraction of sp³-hybridized carbons (Fsp3) is 0.333. The first-order valence-electron chi connectivity index (χ1n) is 10.2. The van der Waals surface area contributed by atoms with Crippen molar-refractivity contribution in [2.24, 2.45) is 0 Å². The highest BCUT2D eigenvalue weighted by Gasteiger charge is 2.41. The molecule has 1 aromatic carbocycles. The van der Waals surface area contributed by atoms with Crippen LogP contribution in [0, 0.1) is 11.3 Å². The standard InChI is InChI=1S/C24H24N2O2S3/c1-31(28)22-11-5-6-12-24(22,27)16-30-23-19(15-25)18(17-8-3-2-4-9-17)14-20(26-23)21-10-7-13-29-21/h2-4,7-10,13-14,22,27H,5-6,11-12,16H2,1H3/t22-,24+,31+/m0/s1. The van der Waals surface area contributed by atoms with Gasteiger partial charge in [0, 0.05) is 28.4 Å². The second kappa shape index (κ2) is 9.66. The van der Waals surface area contributed by atoms with Crippen LogP contribution in [0.1, 0.15) is 31.2 Å². The maximum Gasteiger partial charge on any atom is 0.115 e. The Kier molecular flexibility index (Phi) is 6.92. The number of hydrogen-bond acceptors (Lipinski definition) is 6. The molecular weight excluding hydrogens is 444 g/mol. The molecule has 0 spiro atoms. The molecule has 0 bridgehead atoms. The van der Waals surface area contributed by atoms with Gasteiger partial charge in [0.15, 0.2) is 0 Å². The van der Waals surface area contributed by atoms with Crippen molar-refractivity contribution in [2.45, 2.75) is 41.6 Å². The van der Waals surface area contributed by atoms with E-state index in [0.29, 0.717) is 22.8 Å². The molecule has 7 heteroatoms.